The fourth-order valence-electron chi connectivity index (χ4n) is 1.28. The number of oxazole rings is 1. The van der Waals surface area contributed by atoms with Crippen molar-refractivity contribution in [2.45, 2.75) is 18.2 Å². The molecule has 0 fully saturated rings. The lowest BCUT2D eigenvalue weighted by Crippen LogP contribution is -1.74. The van der Waals surface area contributed by atoms with Crippen molar-refractivity contribution in [1.82, 2.24) is 4.98 Å². The third-order valence-electron chi connectivity index (χ3n) is 1.95. The van der Waals surface area contributed by atoms with Gasteiger partial charge in [0, 0.05) is 6.42 Å². The van der Waals surface area contributed by atoms with Crippen molar-refractivity contribution in [1.29, 1.82) is 0 Å². The summed E-state index contributed by atoms with van der Waals surface area (Å²) in [7, 11) is 0. The van der Waals surface area contributed by atoms with Gasteiger partial charge < -0.3 is 4.42 Å². The fraction of sp³-hybridized carbons (Fsp3) is 0.300. The Kier molecular flexibility index (Phi) is 2.27. The largest absolute Gasteiger partial charge is 0.440 e. The normalized spacial score (nSPS) is 10.9. The van der Waals surface area contributed by atoms with E-state index in [2.05, 4.69) is 11.1 Å². The smallest absolute Gasteiger partial charge is 0.195 e. The van der Waals surface area contributed by atoms with Crippen LogP contribution in [0.3, 0.4) is 0 Å². The second-order valence-corrected chi connectivity index (χ2v) is 3.62. The van der Waals surface area contributed by atoms with Crippen LogP contribution in [0.1, 0.15) is 12.8 Å². The SMILES string of the molecule is CCc1nc2cccc(SC)c2o1. The van der Waals surface area contributed by atoms with Crippen LogP contribution in [-0.4, -0.2) is 11.2 Å². The molecule has 1 aromatic heterocycles. The quantitative estimate of drug-likeness (QED) is 0.685. The maximum atomic E-state index is 5.61. The van der Waals surface area contributed by atoms with E-state index in [9.17, 15) is 0 Å². The molecule has 0 aliphatic rings. The lowest BCUT2D eigenvalue weighted by Gasteiger charge is -1.93. The van der Waals surface area contributed by atoms with Crippen LogP contribution in [0.15, 0.2) is 27.5 Å². The number of aromatic nitrogens is 1. The zero-order valence-corrected chi connectivity index (χ0v) is 8.52. The van der Waals surface area contributed by atoms with Crippen molar-refractivity contribution in [3.05, 3.63) is 24.1 Å². The van der Waals surface area contributed by atoms with E-state index in [0.29, 0.717) is 0 Å². The Bertz CT molecular complexity index is 422. The topological polar surface area (TPSA) is 26.0 Å². The molecular weight excluding hydrogens is 182 g/mol. The van der Waals surface area contributed by atoms with Crippen molar-refractivity contribution in [3.8, 4) is 0 Å². The van der Waals surface area contributed by atoms with Gasteiger partial charge in [-0.25, -0.2) is 4.98 Å². The van der Waals surface area contributed by atoms with Gasteiger partial charge in [-0.3, -0.25) is 0 Å². The summed E-state index contributed by atoms with van der Waals surface area (Å²) in [5.74, 6) is 0.816. The van der Waals surface area contributed by atoms with Gasteiger partial charge in [-0.1, -0.05) is 13.0 Å². The van der Waals surface area contributed by atoms with Crippen LogP contribution < -0.4 is 0 Å². The van der Waals surface area contributed by atoms with Crippen molar-refractivity contribution in [3.63, 3.8) is 0 Å². The van der Waals surface area contributed by atoms with Crippen LogP contribution in [-0.2, 0) is 6.42 Å². The van der Waals surface area contributed by atoms with Crippen LogP contribution in [0, 0.1) is 0 Å². The predicted octanol–water partition coefficient (Wildman–Crippen LogP) is 3.11. The van der Waals surface area contributed by atoms with Gasteiger partial charge in [-0.05, 0) is 18.4 Å². The zero-order chi connectivity index (χ0) is 9.26. The average Bonchev–Trinajstić information content (AvgIpc) is 2.59. The van der Waals surface area contributed by atoms with E-state index < -0.39 is 0 Å². The number of aryl methyl sites for hydroxylation is 1. The number of benzene rings is 1. The molecule has 0 radical (unpaired) electrons. The standard InChI is InChI=1S/C10H11NOS/c1-3-9-11-7-5-4-6-8(13-2)10(7)12-9/h4-6H,3H2,1-2H3. The van der Waals surface area contributed by atoms with Crippen molar-refractivity contribution >= 4 is 22.9 Å². The molecule has 0 spiro atoms. The zero-order valence-electron chi connectivity index (χ0n) is 7.70. The molecule has 13 heavy (non-hydrogen) atoms. The summed E-state index contributed by atoms with van der Waals surface area (Å²) in [4.78, 5) is 5.52. The highest BCUT2D eigenvalue weighted by molar-refractivity contribution is 7.98. The minimum absolute atomic E-state index is 0.816. The highest BCUT2D eigenvalue weighted by Gasteiger charge is 2.06. The highest BCUT2D eigenvalue weighted by Crippen LogP contribution is 2.26. The van der Waals surface area contributed by atoms with Gasteiger partial charge in [-0.2, -0.15) is 0 Å². The molecule has 0 unspecified atom stereocenters. The Morgan fingerprint density at radius 2 is 2.31 bits per heavy atom. The monoisotopic (exact) mass is 193 g/mol. The first-order valence-corrected chi connectivity index (χ1v) is 5.50. The Hall–Kier alpha value is -0.960. The molecule has 0 amide bonds. The average molecular weight is 193 g/mol. The van der Waals surface area contributed by atoms with Gasteiger partial charge in [0.25, 0.3) is 0 Å². The minimum Gasteiger partial charge on any atom is -0.440 e. The van der Waals surface area contributed by atoms with E-state index in [1.54, 1.807) is 11.8 Å². The summed E-state index contributed by atoms with van der Waals surface area (Å²) in [5, 5.41) is 0. The van der Waals surface area contributed by atoms with E-state index in [1.165, 1.54) is 0 Å². The van der Waals surface area contributed by atoms with Crippen LogP contribution in [0.5, 0.6) is 0 Å². The number of para-hydroxylation sites is 1. The van der Waals surface area contributed by atoms with Crippen molar-refractivity contribution < 1.29 is 4.42 Å². The molecule has 0 aliphatic heterocycles. The maximum absolute atomic E-state index is 5.61. The summed E-state index contributed by atoms with van der Waals surface area (Å²) in [6.07, 6.45) is 2.89. The Morgan fingerprint density at radius 3 is 3.00 bits per heavy atom. The molecular formula is C10H11NOS. The van der Waals surface area contributed by atoms with Gasteiger partial charge in [0.15, 0.2) is 11.5 Å². The first kappa shape index (κ1) is 8.63. The van der Waals surface area contributed by atoms with E-state index in [4.69, 9.17) is 4.42 Å². The van der Waals surface area contributed by atoms with E-state index in [-0.39, 0.29) is 0 Å². The Morgan fingerprint density at radius 1 is 1.46 bits per heavy atom. The lowest BCUT2D eigenvalue weighted by molar-refractivity contribution is 0.533. The molecule has 0 N–H and O–H groups in total. The molecule has 0 bridgehead atoms. The van der Waals surface area contributed by atoms with E-state index in [0.717, 1.165) is 28.3 Å². The molecule has 68 valence electrons. The number of hydrogen-bond donors (Lipinski definition) is 0. The molecule has 1 heterocycles. The number of nitrogens with zero attached hydrogens (tertiary/aromatic N) is 1. The molecule has 2 aromatic rings. The van der Waals surface area contributed by atoms with E-state index >= 15 is 0 Å². The van der Waals surface area contributed by atoms with E-state index in [1.807, 2.05) is 25.3 Å². The summed E-state index contributed by atoms with van der Waals surface area (Å²) in [6.45, 7) is 2.05. The molecule has 3 heteroatoms. The van der Waals surface area contributed by atoms with Crippen LogP contribution >= 0.6 is 11.8 Å². The molecule has 0 saturated heterocycles. The number of rotatable bonds is 2. The first-order chi connectivity index (χ1) is 6.35. The maximum Gasteiger partial charge on any atom is 0.195 e. The highest BCUT2D eigenvalue weighted by atomic mass is 32.2. The minimum atomic E-state index is 0.816. The third-order valence-corrected chi connectivity index (χ3v) is 2.71. The van der Waals surface area contributed by atoms with Crippen molar-refractivity contribution in [2.24, 2.45) is 0 Å². The van der Waals surface area contributed by atoms with Crippen LogP contribution in [0.4, 0.5) is 0 Å². The Labute approximate surface area is 81.3 Å². The number of hydrogen-bond acceptors (Lipinski definition) is 3. The third kappa shape index (κ3) is 1.44. The summed E-state index contributed by atoms with van der Waals surface area (Å²) < 4.78 is 5.61. The Balaban J connectivity index is 2.67. The van der Waals surface area contributed by atoms with Crippen LogP contribution in [0.25, 0.3) is 11.1 Å². The van der Waals surface area contributed by atoms with Crippen LogP contribution in [0.2, 0.25) is 0 Å². The van der Waals surface area contributed by atoms with Gasteiger partial charge in [0.1, 0.15) is 5.52 Å². The molecule has 2 rings (SSSR count). The second-order valence-electron chi connectivity index (χ2n) is 2.77. The molecule has 1 aromatic carbocycles. The lowest BCUT2D eigenvalue weighted by atomic mass is 10.3. The molecule has 0 saturated carbocycles. The number of thioether (sulfide) groups is 1. The summed E-state index contributed by atoms with van der Waals surface area (Å²) in [6, 6.07) is 6.05. The summed E-state index contributed by atoms with van der Waals surface area (Å²) in [5.41, 5.74) is 1.88. The van der Waals surface area contributed by atoms with Gasteiger partial charge in [0.05, 0.1) is 4.90 Å². The van der Waals surface area contributed by atoms with Gasteiger partial charge in [0.2, 0.25) is 0 Å². The predicted molar refractivity (Wildman–Crippen MR) is 55.2 cm³/mol. The fourth-order valence-corrected chi connectivity index (χ4v) is 1.83. The summed E-state index contributed by atoms with van der Waals surface area (Å²) >= 11 is 1.69. The second kappa shape index (κ2) is 3.42. The molecule has 0 aliphatic carbocycles. The van der Waals surface area contributed by atoms with Gasteiger partial charge in [-0.15, -0.1) is 11.8 Å². The first-order valence-electron chi connectivity index (χ1n) is 4.27. The number of fused-ring (bicyclic) bond motifs is 1. The molecule has 0 atom stereocenters. The molecule has 2 nitrogen and oxygen atoms in total. The van der Waals surface area contributed by atoms with Crippen molar-refractivity contribution in [2.75, 3.05) is 6.26 Å². The van der Waals surface area contributed by atoms with Gasteiger partial charge >= 0.3 is 0 Å².